The molecular weight excluding hydrogens is 296 g/mol. The highest BCUT2D eigenvalue weighted by Gasteiger charge is 2.18. The lowest BCUT2D eigenvalue weighted by Crippen LogP contribution is -2.36. The van der Waals surface area contributed by atoms with E-state index in [9.17, 15) is 9.59 Å². The number of benzene rings is 1. The Labute approximate surface area is 135 Å². The first-order valence-corrected chi connectivity index (χ1v) is 8.21. The molecule has 1 fully saturated rings. The molecule has 0 spiro atoms. The molecule has 1 aliphatic carbocycles. The summed E-state index contributed by atoms with van der Waals surface area (Å²) in [7, 11) is 0. The van der Waals surface area contributed by atoms with Gasteiger partial charge in [0.2, 0.25) is 6.79 Å². The van der Waals surface area contributed by atoms with Crippen molar-refractivity contribution >= 4 is 17.5 Å². The zero-order chi connectivity index (χ0) is 16.1. The number of anilines is 1. The van der Waals surface area contributed by atoms with E-state index in [-0.39, 0.29) is 6.79 Å². The SMILES string of the molecule is O=C(NCCC1CCCCC1)C(=O)Nc1ccc2c(c1)OCO2. The molecular formula is C17H22N2O4. The predicted molar refractivity (Wildman–Crippen MR) is 85.4 cm³/mol. The molecule has 0 aromatic heterocycles. The van der Waals surface area contributed by atoms with Crippen LogP contribution in [0.4, 0.5) is 5.69 Å². The first-order valence-electron chi connectivity index (χ1n) is 8.21. The molecule has 23 heavy (non-hydrogen) atoms. The van der Waals surface area contributed by atoms with E-state index in [0.29, 0.717) is 29.6 Å². The number of carbonyl (C=O) groups is 2. The largest absolute Gasteiger partial charge is 0.454 e. The molecule has 0 bridgehead atoms. The summed E-state index contributed by atoms with van der Waals surface area (Å²) < 4.78 is 10.4. The number of amides is 2. The van der Waals surface area contributed by atoms with Crippen molar-refractivity contribution in [1.82, 2.24) is 5.32 Å². The fraction of sp³-hybridized carbons (Fsp3) is 0.529. The zero-order valence-corrected chi connectivity index (χ0v) is 13.1. The summed E-state index contributed by atoms with van der Waals surface area (Å²) in [5.41, 5.74) is 0.515. The second-order valence-electron chi connectivity index (χ2n) is 6.07. The summed E-state index contributed by atoms with van der Waals surface area (Å²) in [6.45, 7) is 0.729. The summed E-state index contributed by atoms with van der Waals surface area (Å²) in [4.78, 5) is 23.7. The second kappa shape index (κ2) is 7.35. The minimum absolute atomic E-state index is 0.175. The van der Waals surface area contributed by atoms with Gasteiger partial charge in [-0.3, -0.25) is 9.59 Å². The van der Waals surface area contributed by atoms with Crippen molar-refractivity contribution in [2.45, 2.75) is 38.5 Å². The minimum Gasteiger partial charge on any atom is -0.454 e. The number of rotatable bonds is 4. The van der Waals surface area contributed by atoms with Crippen molar-refractivity contribution in [1.29, 1.82) is 0 Å². The van der Waals surface area contributed by atoms with Gasteiger partial charge in [-0.1, -0.05) is 32.1 Å². The molecule has 1 aromatic carbocycles. The lowest BCUT2D eigenvalue weighted by molar-refractivity contribution is -0.136. The Hall–Kier alpha value is -2.24. The van der Waals surface area contributed by atoms with Gasteiger partial charge in [-0.05, 0) is 24.5 Å². The van der Waals surface area contributed by atoms with E-state index in [2.05, 4.69) is 10.6 Å². The van der Waals surface area contributed by atoms with Gasteiger partial charge >= 0.3 is 11.8 Å². The van der Waals surface area contributed by atoms with Crippen molar-refractivity contribution < 1.29 is 19.1 Å². The third-order valence-corrected chi connectivity index (χ3v) is 4.40. The minimum atomic E-state index is -0.660. The van der Waals surface area contributed by atoms with Crippen molar-refractivity contribution in [2.24, 2.45) is 5.92 Å². The second-order valence-corrected chi connectivity index (χ2v) is 6.07. The summed E-state index contributed by atoms with van der Waals surface area (Å²) in [5.74, 6) is 0.632. The van der Waals surface area contributed by atoms with Gasteiger partial charge < -0.3 is 20.1 Å². The third kappa shape index (κ3) is 4.15. The normalized spacial score (nSPS) is 16.9. The molecule has 2 amide bonds. The quantitative estimate of drug-likeness (QED) is 0.836. The van der Waals surface area contributed by atoms with Crippen molar-refractivity contribution in [2.75, 3.05) is 18.7 Å². The van der Waals surface area contributed by atoms with E-state index in [0.717, 1.165) is 6.42 Å². The van der Waals surface area contributed by atoms with E-state index in [1.807, 2.05) is 0 Å². The van der Waals surface area contributed by atoms with Crippen LogP contribution in [0.5, 0.6) is 11.5 Å². The van der Waals surface area contributed by atoms with Crippen LogP contribution in [0, 0.1) is 5.92 Å². The maximum absolute atomic E-state index is 11.9. The first-order chi connectivity index (χ1) is 11.2. The Bertz CT molecular complexity index is 582. The van der Waals surface area contributed by atoms with Crippen LogP contribution in [0.1, 0.15) is 38.5 Å². The highest BCUT2D eigenvalue weighted by molar-refractivity contribution is 6.39. The average molecular weight is 318 g/mol. The van der Waals surface area contributed by atoms with Crippen LogP contribution in [0.15, 0.2) is 18.2 Å². The molecule has 1 heterocycles. The molecule has 6 heteroatoms. The fourth-order valence-electron chi connectivity index (χ4n) is 3.11. The number of hydrogen-bond donors (Lipinski definition) is 2. The Morgan fingerprint density at radius 1 is 1.04 bits per heavy atom. The van der Waals surface area contributed by atoms with Gasteiger partial charge in [0, 0.05) is 18.3 Å². The Kier molecular flexibility index (Phi) is 5.00. The molecule has 0 radical (unpaired) electrons. The first kappa shape index (κ1) is 15.6. The van der Waals surface area contributed by atoms with Crippen LogP contribution < -0.4 is 20.1 Å². The van der Waals surface area contributed by atoms with Gasteiger partial charge in [0.25, 0.3) is 0 Å². The molecule has 1 saturated carbocycles. The topological polar surface area (TPSA) is 76.7 Å². The van der Waals surface area contributed by atoms with E-state index >= 15 is 0 Å². The molecule has 0 atom stereocenters. The molecule has 2 N–H and O–H groups in total. The number of fused-ring (bicyclic) bond motifs is 1. The summed E-state index contributed by atoms with van der Waals surface area (Å²) in [6.07, 6.45) is 7.30. The smallest absolute Gasteiger partial charge is 0.313 e. The molecule has 0 saturated heterocycles. The Morgan fingerprint density at radius 3 is 2.65 bits per heavy atom. The highest BCUT2D eigenvalue weighted by atomic mass is 16.7. The number of ether oxygens (including phenoxy) is 2. The molecule has 2 aliphatic rings. The lowest BCUT2D eigenvalue weighted by Gasteiger charge is -2.21. The maximum Gasteiger partial charge on any atom is 0.313 e. The Morgan fingerprint density at radius 2 is 1.83 bits per heavy atom. The van der Waals surface area contributed by atoms with Gasteiger partial charge in [-0.15, -0.1) is 0 Å². The maximum atomic E-state index is 11.9. The van der Waals surface area contributed by atoms with Gasteiger partial charge in [0.05, 0.1) is 0 Å². The van der Waals surface area contributed by atoms with Gasteiger partial charge in [0.1, 0.15) is 0 Å². The summed E-state index contributed by atoms with van der Waals surface area (Å²) in [6, 6.07) is 5.04. The van der Waals surface area contributed by atoms with E-state index in [1.54, 1.807) is 18.2 Å². The standard InChI is InChI=1S/C17H22N2O4/c20-16(18-9-8-12-4-2-1-3-5-12)17(21)19-13-6-7-14-15(10-13)23-11-22-14/h6-7,10,12H,1-5,8-9,11H2,(H,18,20)(H,19,21). The molecule has 124 valence electrons. The molecule has 1 aromatic rings. The van der Waals surface area contributed by atoms with Gasteiger partial charge in [-0.2, -0.15) is 0 Å². The van der Waals surface area contributed by atoms with Crippen LogP contribution in [-0.2, 0) is 9.59 Å². The van der Waals surface area contributed by atoms with Gasteiger partial charge in [-0.25, -0.2) is 0 Å². The van der Waals surface area contributed by atoms with Crippen LogP contribution in [0.3, 0.4) is 0 Å². The van der Waals surface area contributed by atoms with E-state index < -0.39 is 11.8 Å². The number of hydrogen-bond acceptors (Lipinski definition) is 4. The predicted octanol–water partition coefficient (Wildman–Crippen LogP) is 2.44. The van der Waals surface area contributed by atoms with Crippen molar-refractivity contribution in [3.05, 3.63) is 18.2 Å². The summed E-state index contributed by atoms with van der Waals surface area (Å²) >= 11 is 0. The lowest BCUT2D eigenvalue weighted by atomic mass is 9.87. The zero-order valence-electron chi connectivity index (χ0n) is 13.1. The number of nitrogens with one attached hydrogen (secondary N) is 2. The van der Waals surface area contributed by atoms with Crippen LogP contribution >= 0.6 is 0 Å². The van der Waals surface area contributed by atoms with E-state index in [1.165, 1.54) is 32.1 Å². The Balaban J connectivity index is 1.43. The number of carbonyl (C=O) groups excluding carboxylic acids is 2. The summed E-state index contributed by atoms with van der Waals surface area (Å²) in [5, 5.41) is 5.27. The van der Waals surface area contributed by atoms with Gasteiger partial charge in [0.15, 0.2) is 11.5 Å². The van der Waals surface area contributed by atoms with Crippen LogP contribution in [0.2, 0.25) is 0 Å². The molecule has 1 aliphatic heterocycles. The monoisotopic (exact) mass is 318 g/mol. The van der Waals surface area contributed by atoms with Crippen molar-refractivity contribution in [3.8, 4) is 11.5 Å². The fourth-order valence-corrected chi connectivity index (χ4v) is 3.11. The third-order valence-electron chi connectivity index (χ3n) is 4.40. The van der Waals surface area contributed by atoms with Crippen LogP contribution in [0.25, 0.3) is 0 Å². The highest BCUT2D eigenvalue weighted by Crippen LogP contribution is 2.34. The van der Waals surface area contributed by atoms with E-state index in [4.69, 9.17) is 9.47 Å². The molecule has 6 nitrogen and oxygen atoms in total. The molecule has 0 unspecified atom stereocenters. The average Bonchev–Trinajstić information content (AvgIpc) is 3.03. The van der Waals surface area contributed by atoms with Crippen molar-refractivity contribution in [3.63, 3.8) is 0 Å². The molecule has 3 rings (SSSR count). The van der Waals surface area contributed by atoms with Crippen LogP contribution in [-0.4, -0.2) is 25.2 Å².